The molecule has 0 heterocycles. The van der Waals surface area contributed by atoms with Gasteiger partial charge in [0.1, 0.15) is 0 Å². The van der Waals surface area contributed by atoms with E-state index in [1.807, 2.05) is 42.5 Å². The van der Waals surface area contributed by atoms with E-state index < -0.39 is 11.9 Å². The third-order valence-corrected chi connectivity index (χ3v) is 6.54. The van der Waals surface area contributed by atoms with Crippen molar-refractivity contribution < 1.29 is 19.1 Å². The molecule has 1 amide bonds. The number of fused-ring (bicyclic) bond motifs is 2. The van der Waals surface area contributed by atoms with Crippen molar-refractivity contribution >= 4 is 23.3 Å². The van der Waals surface area contributed by atoms with Gasteiger partial charge >= 0.3 is 5.97 Å². The van der Waals surface area contributed by atoms with Crippen molar-refractivity contribution in [3.05, 3.63) is 65.7 Å². The number of ether oxygens (including phenoxy) is 1. The van der Waals surface area contributed by atoms with E-state index in [9.17, 15) is 14.4 Å². The minimum Gasteiger partial charge on any atom is -0.455 e. The molecular formula is C25H27NO4. The summed E-state index contributed by atoms with van der Waals surface area (Å²) in [6.07, 6.45) is 3.74. The average Bonchev–Trinajstić information content (AvgIpc) is 3.40. The standard InChI is InChI=1S/C25H27NO4/c1-2-16-8-12-20(13-9-16)26-21(27)15-30-25(29)23-19-11-10-18(14-19)22(23)24(28)17-6-4-3-5-7-17/h3-9,12-13,18-19,22-23H,2,10-11,14-15H2,1H3,(H,26,27)/t18-,19-,22+,23-/m1/s1. The van der Waals surface area contributed by atoms with Crippen LogP contribution in [0, 0.1) is 23.7 Å². The Bertz CT molecular complexity index is 922. The second-order valence-electron chi connectivity index (χ2n) is 8.32. The highest BCUT2D eigenvalue weighted by Gasteiger charge is 2.54. The zero-order chi connectivity index (χ0) is 21.1. The Morgan fingerprint density at radius 1 is 0.933 bits per heavy atom. The van der Waals surface area contributed by atoms with Gasteiger partial charge in [0, 0.05) is 17.2 Å². The molecule has 0 unspecified atom stereocenters. The second kappa shape index (κ2) is 8.82. The predicted octanol–water partition coefficient (Wildman–Crippen LogP) is 4.28. The maximum Gasteiger partial charge on any atom is 0.310 e. The average molecular weight is 405 g/mol. The zero-order valence-corrected chi connectivity index (χ0v) is 17.2. The van der Waals surface area contributed by atoms with Crippen molar-refractivity contribution in [2.45, 2.75) is 32.6 Å². The molecule has 2 bridgehead atoms. The molecule has 5 nitrogen and oxygen atoms in total. The first kappa shape index (κ1) is 20.3. The molecule has 0 spiro atoms. The highest BCUT2D eigenvalue weighted by Crippen LogP contribution is 2.53. The van der Waals surface area contributed by atoms with Gasteiger partial charge in [0.25, 0.3) is 5.91 Å². The van der Waals surface area contributed by atoms with Crippen molar-refractivity contribution in [3.63, 3.8) is 0 Å². The van der Waals surface area contributed by atoms with Crippen molar-refractivity contribution in [1.29, 1.82) is 0 Å². The van der Waals surface area contributed by atoms with Crippen LogP contribution in [0.25, 0.3) is 0 Å². The molecule has 30 heavy (non-hydrogen) atoms. The lowest BCUT2D eigenvalue weighted by atomic mass is 9.75. The number of ketones is 1. The van der Waals surface area contributed by atoms with Gasteiger partial charge < -0.3 is 10.1 Å². The normalized spacial score (nSPS) is 24.4. The minimum absolute atomic E-state index is 0.0187. The van der Waals surface area contributed by atoms with Crippen molar-refractivity contribution in [3.8, 4) is 0 Å². The van der Waals surface area contributed by atoms with Crippen molar-refractivity contribution in [1.82, 2.24) is 0 Å². The van der Waals surface area contributed by atoms with Crippen LogP contribution in [0.2, 0.25) is 0 Å². The monoisotopic (exact) mass is 405 g/mol. The summed E-state index contributed by atoms with van der Waals surface area (Å²) in [7, 11) is 0. The van der Waals surface area contributed by atoms with Gasteiger partial charge in [-0.2, -0.15) is 0 Å². The minimum atomic E-state index is -0.451. The molecule has 0 aliphatic heterocycles. The van der Waals surface area contributed by atoms with Gasteiger partial charge in [-0.1, -0.05) is 49.4 Å². The summed E-state index contributed by atoms with van der Waals surface area (Å²) < 4.78 is 5.37. The number of anilines is 1. The summed E-state index contributed by atoms with van der Waals surface area (Å²) in [5, 5.41) is 2.75. The molecule has 2 saturated carbocycles. The van der Waals surface area contributed by atoms with E-state index in [-0.39, 0.29) is 36.1 Å². The number of nitrogens with one attached hydrogen (secondary N) is 1. The number of benzene rings is 2. The Balaban J connectivity index is 1.38. The Morgan fingerprint density at radius 3 is 2.27 bits per heavy atom. The third kappa shape index (κ3) is 4.16. The number of rotatable bonds is 7. The number of esters is 1. The van der Waals surface area contributed by atoms with E-state index in [1.165, 1.54) is 5.56 Å². The quantitative estimate of drug-likeness (QED) is 0.551. The van der Waals surface area contributed by atoms with Gasteiger partial charge in [-0.15, -0.1) is 0 Å². The molecular weight excluding hydrogens is 378 g/mol. The highest BCUT2D eigenvalue weighted by atomic mass is 16.5. The molecule has 0 aromatic heterocycles. The molecule has 4 rings (SSSR count). The number of hydrogen-bond donors (Lipinski definition) is 1. The Kier molecular flexibility index (Phi) is 5.98. The van der Waals surface area contributed by atoms with Crippen LogP contribution in [0.5, 0.6) is 0 Å². The number of aryl methyl sites for hydroxylation is 1. The Morgan fingerprint density at radius 2 is 1.60 bits per heavy atom. The van der Waals surface area contributed by atoms with Crippen molar-refractivity contribution in [2.24, 2.45) is 23.7 Å². The van der Waals surface area contributed by atoms with Crippen LogP contribution in [0.4, 0.5) is 5.69 Å². The van der Waals surface area contributed by atoms with Gasteiger partial charge in [0.2, 0.25) is 0 Å². The molecule has 0 saturated heterocycles. The number of carbonyl (C=O) groups is 3. The lowest BCUT2D eigenvalue weighted by Crippen LogP contribution is -2.37. The summed E-state index contributed by atoms with van der Waals surface area (Å²) in [5.74, 6) is -1.17. The van der Waals surface area contributed by atoms with Crippen LogP contribution < -0.4 is 5.32 Å². The fourth-order valence-corrected chi connectivity index (χ4v) is 5.06. The van der Waals surface area contributed by atoms with Crippen molar-refractivity contribution in [2.75, 3.05) is 11.9 Å². The molecule has 2 aliphatic carbocycles. The molecule has 2 aliphatic rings. The summed E-state index contributed by atoms with van der Waals surface area (Å²) in [6, 6.07) is 16.7. The van der Waals surface area contributed by atoms with E-state index in [0.717, 1.165) is 25.7 Å². The topological polar surface area (TPSA) is 72.5 Å². The van der Waals surface area contributed by atoms with Gasteiger partial charge in [-0.3, -0.25) is 14.4 Å². The fraction of sp³-hybridized carbons (Fsp3) is 0.400. The SMILES string of the molecule is CCc1ccc(NC(=O)COC(=O)[C@@H]2[C@@H]3CC[C@H](C3)[C@@H]2C(=O)c2ccccc2)cc1. The molecule has 2 aromatic carbocycles. The van der Waals surface area contributed by atoms with Gasteiger partial charge in [-0.05, 0) is 55.2 Å². The van der Waals surface area contributed by atoms with E-state index in [0.29, 0.717) is 11.3 Å². The second-order valence-corrected chi connectivity index (χ2v) is 8.32. The summed E-state index contributed by atoms with van der Waals surface area (Å²) in [4.78, 5) is 38.2. The van der Waals surface area contributed by atoms with Crippen LogP contribution >= 0.6 is 0 Å². The molecule has 5 heteroatoms. The predicted molar refractivity (Wildman–Crippen MR) is 114 cm³/mol. The number of carbonyl (C=O) groups excluding carboxylic acids is 3. The molecule has 2 aromatic rings. The van der Waals surface area contributed by atoms with Crippen LogP contribution in [0.1, 0.15) is 42.1 Å². The van der Waals surface area contributed by atoms with Gasteiger partial charge in [-0.25, -0.2) is 0 Å². The molecule has 1 N–H and O–H groups in total. The highest BCUT2D eigenvalue weighted by molar-refractivity contribution is 6.01. The van der Waals surface area contributed by atoms with Crippen LogP contribution in [0.3, 0.4) is 0 Å². The van der Waals surface area contributed by atoms with Crippen LogP contribution in [0.15, 0.2) is 54.6 Å². The largest absolute Gasteiger partial charge is 0.455 e. The van der Waals surface area contributed by atoms with Gasteiger partial charge in [0.05, 0.1) is 5.92 Å². The van der Waals surface area contributed by atoms with Gasteiger partial charge in [0.15, 0.2) is 12.4 Å². The summed E-state index contributed by atoms with van der Waals surface area (Å²) in [5.41, 5.74) is 2.50. The molecule has 156 valence electrons. The number of hydrogen-bond acceptors (Lipinski definition) is 4. The molecule has 4 atom stereocenters. The summed E-state index contributed by atoms with van der Waals surface area (Å²) in [6.45, 7) is 1.73. The first-order chi connectivity index (χ1) is 14.6. The van der Waals surface area contributed by atoms with E-state index in [4.69, 9.17) is 4.74 Å². The lowest BCUT2D eigenvalue weighted by molar-refractivity contribution is -0.154. The van der Waals surface area contributed by atoms with E-state index >= 15 is 0 Å². The Hall–Kier alpha value is -2.95. The first-order valence-corrected chi connectivity index (χ1v) is 10.7. The third-order valence-electron chi connectivity index (χ3n) is 6.54. The number of Topliss-reactive ketones (excluding diaryl/α,β-unsaturated/α-hetero) is 1. The summed E-state index contributed by atoms with van der Waals surface area (Å²) >= 11 is 0. The fourth-order valence-electron chi connectivity index (χ4n) is 5.06. The molecule has 0 radical (unpaired) electrons. The number of amides is 1. The van der Waals surface area contributed by atoms with E-state index in [1.54, 1.807) is 12.1 Å². The van der Waals surface area contributed by atoms with E-state index in [2.05, 4.69) is 12.2 Å². The maximum atomic E-state index is 13.1. The molecule has 2 fully saturated rings. The Labute approximate surface area is 176 Å². The zero-order valence-electron chi connectivity index (χ0n) is 17.2. The maximum absolute atomic E-state index is 13.1. The van der Waals surface area contributed by atoms with Crippen LogP contribution in [-0.4, -0.2) is 24.3 Å². The lowest BCUT2D eigenvalue weighted by Gasteiger charge is -2.28. The van der Waals surface area contributed by atoms with Crippen LogP contribution in [-0.2, 0) is 20.7 Å². The smallest absolute Gasteiger partial charge is 0.310 e. The first-order valence-electron chi connectivity index (χ1n) is 10.7.